The summed E-state index contributed by atoms with van der Waals surface area (Å²) in [6, 6.07) is 18.0. The Morgan fingerprint density at radius 1 is 1.03 bits per heavy atom. The Balaban J connectivity index is 1.63. The van der Waals surface area contributed by atoms with Crippen molar-refractivity contribution in [2.45, 2.75) is 26.4 Å². The molecule has 0 fully saturated rings. The number of benzene rings is 2. The zero-order valence-corrected chi connectivity index (χ0v) is 20.8. The van der Waals surface area contributed by atoms with Gasteiger partial charge >= 0.3 is 17.3 Å². The molecule has 0 radical (unpaired) electrons. The number of aromatic nitrogens is 4. The standard InChI is InChI=1S/C25H22BrN5O5/c1-16-2-4-17(5-3-16)15-31-23(29-24(34)30(25(31)35)13-12-22(32)33)28-19-7-9-20(10-8-19)36-21-11-6-18(26)14-27-21/h2-11,14H,12-13,15H2,1H3,(H,32,33)(H,28,29,34). The fourth-order valence-electron chi connectivity index (χ4n) is 3.32. The Kier molecular flexibility index (Phi) is 7.59. The summed E-state index contributed by atoms with van der Waals surface area (Å²) in [6.45, 7) is 1.82. The van der Waals surface area contributed by atoms with Crippen molar-refractivity contribution in [3.05, 3.63) is 103 Å². The van der Waals surface area contributed by atoms with Crippen LogP contribution in [-0.2, 0) is 17.9 Å². The molecule has 2 N–H and O–H groups in total. The van der Waals surface area contributed by atoms with Gasteiger partial charge in [-0.1, -0.05) is 29.8 Å². The van der Waals surface area contributed by atoms with E-state index in [4.69, 9.17) is 9.84 Å². The van der Waals surface area contributed by atoms with Gasteiger partial charge in [0.05, 0.1) is 13.0 Å². The second kappa shape index (κ2) is 11.0. The summed E-state index contributed by atoms with van der Waals surface area (Å²) in [5, 5.41) is 12.0. The molecule has 0 bridgehead atoms. The first-order valence-electron chi connectivity index (χ1n) is 10.9. The van der Waals surface area contributed by atoms with E-state index in [1.807, 2.05) is 37.3 Å². The van der Waals surface area contributed by atoms with Gasteiger partial charge in [-0.3, -0.25) is 9.36 Å². The average molecular weight is 552 g/mol. The van der Waals surface area contributed by atoms with Gasteiger partial charge in [0.1, 0.15) is 5.75 Å². The third kappa shape index (κ3) is 6.25. The van der Waals surface area contributed by atoms with Crippen LogP contribution in [0.2, 0.25) is 0 Å². The molecule has 4 aromatic rings. The molecule has 36 heavy (non-hydrogen) atoms. The van der Waals surface area contributed by atoms with Crippen LogP contribution < -0.4 is 21.4 Å². The van der Waals surface area contributed by atoms with Crippen molar-refractivity contribution in [3.8, 4) is 11.6 Å². The van der Waals surface area contributed by atoms with Gasteiger partial charge in [0.2, 0.25) is 11.8 Å². The van der Waals surface area contributed by atoms with Gasteiger partial charge < -0.3 is 15.2 Å². The monoisotopic (exact) mass is 551 g/mol. The number of carbonyl (C=O) groups is 1. The summed E-state index contributed by atoms with van der Waals surface area (Å²) in [7, 11) is 0. The Hall–Kier alpha value is -4.25. The molecule has 0 amide bonds. The molecule has 0 saturated carbocycles. The van der Waals surface area contributed by atoms with Crippen LogP contribution in [0.25, 0.3) is 0 Å². The molecule has 184 valence electrons. The van der Waals surface area contributed by atoms with Crippen LogP contribution in [0.3, 0.4) is 0 Å². The minimum atomic E-state index is -1.12. The zero-order chi connectivity index (χ0) is 25.7. The van der Waals surface area contributed by atoms with Crippen molar-refractivity contribution >= 4 is 33.5 Å². The van der Waals surface area contributed by atoms with E-state index in [0.717, 1.165) is 20.2 Å². The van der Waals surface area contributed by atoms with Crippen molar-refractivity contribution in [2.75, 3.05) is 5.32 Å². The van der Waals surface area contributed by atoms with Gasteiger partial charge in [0, 0.05) is 29.0 Å². The van der Waals surface area contributed by atoms with Crippen molar-refractivity contribution in [1.29, 1.82) is 0 Å². The quantitative estimate of drug-likeness (QED) is 0.320. The number of anilines is 2. The molecule has 10 nitrogen and oxygen atoms in total. The lowest BCUT2D eigenvalue weighted by Crippen LogP contribution is -2.43. The van der Waals surface area contributed by atoms with Crippen LogP contribution in [0.1, 0.15) is 17.5 Å². The summed E-state index contributed by atoms with van der Waals surface area (Å²) in [5.41, 5.74) is 0.973. The van der Waals surface area contributed by atoms with Gasteiger partial charge in [-0.15, -0.1) is 0 Å². The normalized spacial score (nSPS) is 10.7. The first kappa shape index (κ1) is 24.9. The SMILES string of the molecule is Cc1ccc(Cn2c(Nc3ccc(Oc4ccc(Br)cn4)cc3)nc(=O)n(CCC(=O)O)c2=O)cc1. The number of rotatable bonds is 9. The van der Waals surface area contributed by atoms with Crippen molar-refractivity contribution in [1.82, 2.24) is 19.1 Å². The van der Waals surface area contributed by atoms with Gasteiger partial charge in [-0.25, -0.2) is 19.1 Å². The number of nitrogens with one attached hydrogen (secondary N) is 1. The number of hydrogen-bond donors (Lipinski definition) is 2. The molecule has 2 aromatic carbocycles. The summed E-state index contributed by atoms with van der Waals surface area (Å²) < 4.78 is 8.69. The highest BCUT2D eigenvalue weighted by molar-refractivity contribution is 9.10. The van der Waals surface area contributed by atoms with E-state index in [9.17, 15) is 14.4 Å². The van der Waals surface area contributed by atoms with Gasteiger partial charge in [0.15, 0.2) is 0 Å². The number of aliphatic carboxylic acids is 1. The molecule has 2 aromatic heterocycles. The number of halogens is 1. The maximum absolute atomic E-state index is 13.2. The molecular formula is C25H22BrN5O5. The largest absolute Gasteiger partial charge is 0.481 e. The Labute approximate surface area is 214 Å². The Morgan fingerprint density at radius 2 is 1.75 bits per heavy atom. The number of aryl methyl sites for hydroxylation is 1. The first-order chi connectivity index (χ1) is 17.3. The Bertz CT molecular complexity index is 1480. The topological polar surface area (TPSA) is 128 Å². The fraction of sp³-hybridized carbons (Fsp3) is 0.160. The summed E-state index contributed by atoms with van der Waals surface area (Å²) in [6.07, 6.45) is 1.26. The fourth-order valence-corrected chi connectivity index (χ4v) is 3.56. The van der Waals surface area contributed by atoms with Gasteiger partial charge in [-0.2, -0.15) is 4.98 Å². The highest BCUT2D eigenvalue weighted by Gasteiger charge is 2.15. The second-order valence-electron chi connectivity index (χ2n) is 7.93. The molecule has 0 spiro atoms. The first-order valence-corrected chi connectivity index (χ1v) is 11.7. The smallest absolute Gasteiger partial charge is 0.354 e. The number of carboxylic acid groups (broad SMARTS) is 1. The van der Waals surface area contributed by atoms with Crippen molar-refractivity contribution in [3.63, 3.8) is 0 Å². The summed E-state index contributed by atoms with van der Waals surface area (Å²) in [5.74, 6) is -0.100. The molecule has 0 aliphatic heterocycles. The highest BCUT2D eigenvalue weighted by atomic mass is 79.9. The van der Waals surface area contributed by atoms with E-state index in [-0.39, 0.29) is 25.5 Å². The lowest BCUT2D eigenvalue weighted by Gasteiger charge is -2.16. The lowest BCUT2D eigenvalue weighted by molar-refractivity contribution is -0.137. The average Bonchev–Trinajstić information content (AvgIpc) is 2.85. The molecule has 0 unspecified atom stereocenters. The van der Waals surface area contributed by atoms with E-state index < -0.39 is 17.3 Å². The molecular weight excluding hydrogens is 530 g/mol. The maximum Gasteiger partial charge on any atom is 0.354 e. The minimum absolute atomic E-state index is 0.0420. The molecule has 0 aliphatic rings. The van der Waals surface area contributed by atoms with Crippen LogP contribution in [0.5, 0.6) is 11.6 Å². The third-order valence-electron chi connectivity index (χ3n) is 5.19. The molecule has 0 atom stereocenters. The maximum atomic E-state index is 13.2. The van der Waals surface area contributed by atoms with Crippen LogP contribution in [0, 0.1) is 6.92 Å². The summed E-state index contributed by atoms with van der Waals surface area (Å²) >= 11 is 3.32. The summed E-state index contributed by atoms with van der Waals surface area (Å²) in [4.78, 5) is 45.0. The lowest BCUT2D eigenvalue weighted by atomic mass is 10.1. The van der Waals surface area contributed by atoms with E-state index in [2.05, 4.69) is 31.2 Å². The highest BCUT2D eigenvalue weighted by Crippen LogP contribution is 2.23. The number of carboxylic acids is 1. The van der Waals surface area contributed by atoms with E-state index in [0.29, 0.717) is 17.3 Å². The van der Waals surface area contributed by atoms with E-state index in [1.165, 1.54) is 4.57 Å². The zero-order valence-electron chi connectivity index (χ0n) is 19.2. The number of ether oxygens (including phenoxy) is 1. The number of pyridine rings is 1. The van der Waals surface area contributed by atoms with Crippen molar-refractivity contribution in [2.24, 2.45) is 0 Å². The molecule has 0 saturated heterocycles. The molecule has 2 heterocycles. The molecule has 4 rings (SSSR count). The van der Waals surface area contributed by atoms with Crippen LogP contribution in [0.4, 0.5) is 11.6 Å². The van der Waals surface area contributed by atoms with Crippen molar-refractivity contribution < 1.29 is 14.6 Å². The Morgan fingerprint density at radius 3 is 2.39 bits per heavy atom. The van der Waals surface area contributed by atoms with E-state index in [1.54, 1.807) is 36.5 Å². The third-order valence-corrected chi connectivity index (χ3v) is 5.66. The predicted octanol–water partition coefficient (Wildman–Crippen LogP) is 3.93. The second-order valence-corrected chi connectivity index (χ2v) is 8.85. The van der Waals surface area contributed by atoms with Gasteiger partial charge in [-0.05, 0) is 58.7 Å². The van der Waals surface area contributed by atoms with Gasteiger partial charge in [0.25, 0.3) is 0 Å². The van der Waals surface area contributed by atoms with Crippen LogP contribution in [-0.4, -0.2) is 30.2 Å². The van der Waals surface area contributed by atoms with Crippen LogP contribution >= 0.6 is 15.9 Å². The number of nitrogens with zero attached hydrogens (tertiary/aromatic N) is 4. The minimum Gasteiger partial charge on any atom is -0.481 e. The van der Waals surface area contributed by atoms with E-state index >= 15 is 0 Å². The number of hydrogen-bond acceptors (Lipinski definition) is 7. The molecule has 0 aliphatic carbocycles. The molecule has 11 heteroatoms. The van der Waals surface area contributed by atoms with Crippen LogP contribution in [0.15, 0.2) is 80.9 Å². The predicted molar refractivity (Wildman–Crippen MR) is 137 cm³/mol.